The second-order valence-electron chi connectivity index (χ2n) is 8.47. The molecule has 32 heavy (non-hydrogen) atoms. The molecule has 0 nitrogen and oxygen atoms in total. The molecule has 0 amide bonds. The van der Waals surface area contributed by atoms with Crippen molar-refractivity contribution in [2.24, 2.45) is 0 Å². The molecule has 4 aromatic rings. The first-order valence-corrected chi connectivity index (χ1v) is 11.7. The van der Waals surface area contributed by atoms with Crippen LogP contribution in [0.15, 0.2) is 91.0 Å². The third-order valence-electron chi connectivity index (χ3n) is 6.21. The quantitative estimate of drug-likeness (QED) is 0.267. The van der Waals surface area contributed by atoms with Gasteiger partial charge in [0.25, 0.3) is 0 Å². The molecule has 1 heteroatoms. The fraction of sp³-hybridized carbons (Fsp3) is 0.226. The maximum Gasteiger partial charge on any atom is 0.131 e. The van der Waals surface area contributed by atoms with E-state index >= 15 is 4.39 Å². The van der Waals surface area contributed by atoms with Crippen LogP contribution in [0.4, 0.5) is 4.39 Å². The van der Waals surface area contributed by atoms with Crippen molar-refractivity contribution in [2.75, 3.05) is 0 Å². The largest absolute Gasteiger partial charge is 0.206 e. The standard InChI is InChI=1S/C31H31F/c1-3-7-23-10-12-24(13-11-23)14-15-25-16-18-27(19-17-25)30-21-20-28(22-31(30)32)29-9-6-5-8-26(29)4-2/h5-6,8-13,16-22H,3-4,7,14-15H2,1-2H3. The van der Waals surface area contributed by atoms with Gasteiger partial charge in [-0.2, -0.15) is 0 Å². The Hall–Kier alpha value is -3.19. The summed E-state index contributed by atoms with van der Waals surface area (Å²) in [5.74, 6) is -0.173. The molecule has 0 bridgehead atoms. The first kappa shape index (κ1) is 22.0. The summed E-state index contributed by atoms with van der Waals surface area (Å²) in [4.78, 5) is 0. The molecule has 0 unspecified atom stereocenters. The van der Waals surface area contributed by atoms with E-state index in [-0.39, 0.29) is 5.82 Å². The van der Waals surface area contributed by atoms with Gasteiger partial charge >= 0.3 is 0 Å². The van der Waals surface area contributed by atoms with E-state index in [4.69, 9.17) is 0 Å². The molecule has 0 spiro atoms. The zero-order chi connectivity index (χ0) is 22.3. The maximum atomic E-state index is 15.0. The van der Waals surface area contributed by atoms with Crippen molar-refractivity contribution >= 4 is 0 Å². The van der Waals surface area contributed by atoms with E-state index in [2.05, 4.69) is 62.4 Å². The SMILES string of the molecule is CCCc1ccc(CCc2ccc(-c3ccc(-c4ccccc4CC)cc3F)cc2)cc1. The van der Waals surface area contributed by atoms with Crippen molar-refractivity contribution in [1.29, 1.82) is 0 Å². The van der Waals surface area contributed by atoms with E-state index in [9.17, 15) is 0 Å². The van der Waals surface area contributed by atoms with Crippen molar-refractivity contribution in [3.8, 4) is 22.3 Å². The van der Waals surface area contributed by atoms with Gasteiger partial charge in [-0.05, 0) is 70.7 Å². The Labute approximate surface area is 191 Å². The molecule has 0 heterocycles. The first-order chi connectivity index (χ1) is 15.7. The second kappa shape index (κ2) is 10.4. The summed E-state index contributed by atoms with van der Waals surface area (Å²) in [6.07, 6.45) is 5.27. The molecule has 0 atom stereocenters. The fourth-order valence-corrected chi connectivity index (χ4v) is 4.33. The lowest BCUT2D eigenvalue weighted by Crippen LogP contribution is -1.93. The third-order valence-corrected chi connectivity index (χ3v) is 6.21. The Balaban J connectivity index is 1.45. The van der Waals surface area contributed by atoms with Crippen LogP contribution in [0.5, 0.6) is 0 Å². The predicted molar refractivity (Wildman–Crippen MR) is 134 cm³/mol. The minimum atomic E-state index is -0.173. The van der Waals surface area contributed by atoms with Gasteiger partial charge < -0.3 is 0 Å². The van der Waals surface area contributed by atoms with Crippen molar-refractivity contribution in [3.05, 3.63) is 119 Å². The molecule has 0 aromatic heterocycles. The molecule has 0 N–H and O–H groups in total. The summed E-state index contributed by atoms with van der Waals surface area (Å²) in [6, 6.07) is 31.1. The highest BCUT2D eigenvalue weighted by Gasteiger charge is 2.10. The van der Waals surface area contributed by atoms with Crippen LogP contribution < -0.4 is 0 Å². The van der Waals surface area contributed by atoms with Gasteiger partial charge in [0.1, 0.15) is 5.82 Å². The highest BCUT2D eigenvalue weighted by molar-refractivity contribution is 5.73. The van der Waals surface area contributed by atoms with Gasteiger partial charge in [-0.1, -0.05) is 105 Å². The van der Waals surface area contributed by atoms with Gasteiger partial charge in [-0.15, -0.1) is 0 Å². The number of halogens is 1. The Kier molecular flexibility index (Phi) is 7.17. The Bertz CT molecular complexity index is 1150. The lowest BCUT2D eigenvalue weighted by atomic mass is 9.95. The Morgan fingerprint density at radius 2 is 1.12 bits per heavy atom. The predicted octanol–water partition coefficient (Wildman–Crippen LogP) is 8.46. The maximum absolute atomic E-state index is 15.0. The molecule has 0 fully saturated rings. The summed E-state index contributed by atoms with van der Waals surface area (Å²) in [6.45, 7) is 4.34. The van der Waals surface area contributed by atoms with E-state index in [0.29, 0.717) is 5.56 Å². The van der Waals surface area contributed by atoms with Crippen LogP contribution in [0.1, 0.15) is 42.5 Å². The van der Waals surface area contributed by atoms with E-state index in [1.165, 1.54) is 28.7 Å². The molecule has 162 valence electrons. The van der Waals surface area contributed by atoms with Crippen molar-refractivity contribution in [3.63, 3.8) is 0 Å². The minimum absolute atomic E-state index is 0.173. The van der Waals surface area contributed by atoms with Gasteiger partial charge in [-0.3, -0.25) is 0 Å². The molecule has 0 aliphatic heterocycles. The van der Waals surface area contributed by atoms with E-state index in [0.717, 1.165) is 42.4 Å². The smallest absolute Gasteiger partial charge is 0.131 e. The summed E-state index contributed by atoms with van der Waals surface area (Å²) >= 11 is 0. The van der Waals surface area contributed by atoms with Crippen LogP contribution in [-0.2, 0) is 25.7 Å². The van der Waals surface area contributed by atoms with Gasteiger partial charge in [0.2, 0.25) is 0 Å². The molecule has 4 rings (SSSR count). The average Bonchev–Trinajstić information content (AvgIpc) is 2.84. The molecule has 0 aliphatic rings. The first-order valence-electron chi connectivity index (χ1n) is 11.7. The third kappa shape index (κ3) is 5.16. The highest BCUT2D eigenvalue weighted by Crippen LogP contribution is 2.30. The highest BCUT2D eigenvalue weighted by atomic mass is 19.1. The molecular weight excluding hydrogens is 391 g/mol. The summed E-state index contributed by atoms with van der Waals surface area (Å²) < 4.78 is 15.0. The number of hydrogen-bond donors (Lipinski definition) is 0. The molecule has 0 saturated heterocycles. The molecular formula is C31H31F. The van der Waals surface area contributed by atoms with Crippen molar-refractivity contribution in [1.82, 2.24) is 0 Å². The van der Waals surface area contributed by atoms with Crippen LogP contribution in [0.25, 0.3) is 22.3 Å². The molecule has 0 aliphatic carbocycles. The molecule has 4 aromatic carbocycles. The van der Waals surface area contributed by atoms with Crippen LogP contribution in [0.2, 0.25) is 0 Å². The minimum Gasteiger partial charge on any atom is -0.206 e. The number of rotatable bonds is 8. The number of hydrogen-bond acceptors (Lipinski definition) is 0. The lowest BCUT2D eigenvalue weighted by molar-refractivity contribution is 0.632. The summed E-state index contributed by atoms with van der Waals surface area (Å²) in [5.41, 5.74) is 8.91. The van der Waals surface area contributed by atoms with E-state index in [1.807, 2.05) is 36.4 Å². The topological polar surface area (TPSA) is 0 Å². The number of benzene rings is 4. The van der Waals surface area contributed by atoms with Gasteiger partial charge in [0.05, 0.1) is 0 Å². The van der Waals surface area contributed by atoms with Crippen LogP contribution in [0, 0.1) is 5.82 Å². The van der Waals surface area contributed by atoms with E-state index in [1.54, 1.807) is 6.07 Å². The zero-order valence-electron chi connectivity index (χ0n) is 19.1. The van der Waals surface area contributed by atoms with Crippen LogP contribution in [0.3, 0.4) is 0 Å². The van der Waals surface area contributed by atoms with Crippen LogP contribution in [-0.4, -0.2) is 0 Å². The Morgan fingerprint density at radius 1 is 0.562 bits per heavy atom. The monoisotopic (exact) mass is 422 g/mol. The van der Waals surface area contributed by atoms with Crippen LogP contribution >= 0.6 is 0 Å². The fourth-order valence-electron chi connectivity index (χ4n) is 4.33. The summed E-state index contributed by atoms with van der Waals surface area (Å²) in [5, 5.41) is 0. The van der Waals surface area contributed by atoms with E-state index < -0.39 is 0 Å². The average molecular weight is 423 g/mol. The van der Waals surface area contributed by atoms with Gasteiger partial charge in [0.15, 0.2) is 0 Å². The van der Waals surface area contributed by atoms with Crippen molar-refractivity contribution < 1.29 is 4.39 Å². The van der Waals surface area contributed by atoms with Crippen molar-refractivity contribution in [2.45, 2.75) is 46.0 Å². The lowest BCUT2D eigenvalue weighted by Gasteiger charge is -2.11. The van der Waals surface area contributed by atoms with Gasteiger partial charge in [0, 0.05) is 5.56 Å². The Morgan fingerprint density at radius 3 is 1.72 bits per heavy atom. The van der Waals surface area contributed by atoms with Gasteiger partial charge in [-0.25, -0.2) is 4.39 Å². The normalized spacial score (nSPS) is 11.0. The number of aryl methyl sites for hydroxylation is 4. The molecule has 0 saturated carbocycles. The zero-order valence-corrected chi connectivity index (χ0v) is 19.1. The second-order valence-corrected chi connectivity index (χ2v) is 8.47. The molecule has 0 radical (unpaired) electrons. The summed E-state index contributed by atoms with van der Waals surface area (Å²) in [7, 11) is 0.